The summed E-state index contributed by atoms with van der Waals surface area (Å²) in [6.07, 6.45) is 3.43. The second kappa shape index (κ2) is 7.61. The first-order valence-corrected chi connectivity index (χ1v) is 9.69. The van der Waals surface area contributed by atoms with E-state index >= 15 is 0 Å². The van der Waals surface area contributed by atoms with Gasteiger partial charge < -0.3 is 20.3 Å². The summed E-state index contributed by atoms with van der Waals surface area (Å²) in [5, 5.41) is 6.55. The van der Waals surface area contributed by atoms with Crippen LogP contribution >= 0.6 is 0 Å². The first kappa shape index (κ1) is 17.9. The Balaban J connectivity index is 1.53. The quantitative estimate of drug-likeness (QED) is 0.865. The van der Waals surface area contributed by atoms with Crippen LogP contribution < -0.4 is 15.4 Å². The van der Waals surface area contributed by atoms with Crippen molar-refractivity contribution in [1.82, 2.24) is 10.2 Å². The number of carbonyl (C=O) groups is 1. The minimum atomic E-state index is -0.0375. The van der Waals surface area contributed by atoms with Gasteiger partial charge in [-0.25, -0.2) is 4.79 Å². The molecule has 2 saturated heterocycles. The number of urea groups is 1. The lowest BCUT2D eigenvalue weighted by Gasteiger charge is -2.40. The number of hydrogen-bond acceptors (Lipinski definition) is 3. The second-order valence-electron chi connectivity index (χ2n) is 7.66. The number of carbonyl (C=O) groups excluding carboxylic acids is 1. The first-order valence-electron chi connectivity index (χ1n) is 9.69. The van der Waals surface area contributed by atoms with Gasteiger partial charge in [-0.3, -0.25) is 0 Å². The highest BCUT2D eigenvalue weighted by Crippen LogP contribution is 2.36. The predicted octanol–water partition coefficient (Wildman–Crippen LogP) is 3.97. The first-order chi connectivity index (χ1) is 13.2. The van der Waals surface area contributed by atoms with Crippen LogP contribution in [-0.2, 0) is 0 Å². The summed E-state index contributed by atoms with van der Waals surface area (Å²) in [5.41, 5.74) is 3.14. The van der Waals surface area contributed by atoms with Crippen molar-refractivity contribution < 1.29 is 9.53 Å². The summed E-state index contributed by atoms with van der Waals surface area (Å²) in [6, 6.07) is 16.0. The van der Waals surface area contributed by atoms with E-state index < -0.39 is 0 Å². The number of anilines is 1. The number of amides is 2. The molecule has 1 unspecified atom stereocenters. The summed E-state index contributed by atoms with van der Waals surface area (Å²) in [4.78, 5) is 14.9. The van der Waals surface area contributed by atoms with Crippen LogP contribution in [0.15, 0.2) is 48.5 Å². The molecule has 2 heterocycles. The largest absolute Gasteiger partial charge is 0.495 e. The van der Waals surface area contributed by atoms with E-state index in [2.05, 4.69) is 22.8 Å². The lowest BCUT2D eigenvalue weighted by molar-refractivity contribution is 0.125. The van der Waals surface area contributed by atoms with Crippen molar-refractivity contribution in [3.63, 3.8) is 0 Å². The highest BCUT2D eigenvalue weighted by atomic mass is 16.5. The predicted molar refractivity (Wildman–Crippen MR) is 108 cm³/mol. The Bertz CT molecular complexity index is 800. The molecular weight excluding hydrogens is 338 g/mol. The van der Waals surface area contributed by atoms with Crippen molar-refractivity contribution in [2.45, 2.75) is 19.3 Å². The van der Waals surface area contributed by atoms with Crippen molar-refractivity contribution in [1.29, 1.82) is 0 Å². The summed E-state index contributed by atoms with van der Waals surface area (Å²) in [7, 11) is 1.63. The van der Waals surface area contributed by atoms with E-state index in [9.17, 15) is 4.79 Å². The Morgan fingerprint density at radius 2 is 2.00 bits per heavy atom. The molecule has 2 aromatic rings. The third kappa shape index (κ3) is 3.78. The highest BCUT2D eigenvalue weighted by Gasteiger charge is 2.39. The van der Waals surface area contributed by atoms with Gasteiger partial charge in [-0.1, -0.05) is 36.4 Å². The Morgan fingerprint density at radius 3 is 2.74 bits per heavy atom. The Labute approximate surface area is 160 Å². The highest BCUT2D eigenvalue weighted by molar-refractivity contribution is 5.92. The van der Waals surface area contributed by atoms with Crippen LogP contribution in [0, 0.1) is 5.41 Å². The minimum absolute atomic E-state index is 0.0375. The maximum absolute atomic E-state index is 13.0. The van der Waals surface area contributed by atoms with Gasteiger partial charge in [0.1, 0.15) is 5.75 Å². The van der Waals surface area contributed by atoms with E-state index in [4.69, 9.17) is 4.74 Å². The smallest absolute Gasteiger partial charge is 0.321 e. The zero-order chi connectivity index (χ0) is 18.7. The molecule has 142 valence electrons. The molecule has 2 aromatic carbocycles. The molecule has 0 saturated carbocycles. The average molecular weight is 365 g/mol. The van der Waals surface area contributed by atoms with Gasteiger partial charge in [0, 0.05) is 25.0 Å². The Hall–Kier alpha value is -2.53. The summed E-state index contributed by atoms with van der Waals surface area (Å²) in [6.45, 7) is 3.72. The number of ether oxygens (including phenoxy) is 1. The molecule has 0 radical (unpaired) electrons. The van der Waals surface area contributed by atoms with E-state index in [0.717, 1.165) is 50.1 Å². The number of methoxy groups -OCH3 is 1. The molecule has 0 bridgehead atoms. The summed E-state index contributed by atoms with van der Waals surface area (Å²) < 4.78 is 5.47. The third-order valence-electron chi connectivity index (χ3n) is 5.83. The zero-order valence-corrected chi connectivity index (χ0v) is 15.8. The molecule has 5 heteroatoms. The van der Waals surface area contributed by atoms with Crippen LogP contribution in [-0.4, -0.2) is 44.2 Å². The number of benzene rings is 2. The van der Waals surface area contributed by atoms with Crippen LogP contribution in [0.1, 0.15) is 19.3 Å². The second-order valence-corrected chi connectivity index (χ2v) is 7.66. The molecule has 1 atom stereocenters. The van der Waals surface area contributed by atoms with Gasteiger partial charge in [-0.2, -0.15) is 0 Å². The molecule has 2 amide bonds. The Morgan fingerprint density at radius 1 is 1.15 bits per heavy atom. The van der Waals surface area contributed by atoms with E-state index in [1.165, 1.54) is 6.42 Å². The number of likely N-dealkylation sites (tertiary alicyclic amines) is 1. The van der Waals surface area contributed by atoms with Gasteiger partial charge in [-0.05, 0) is 49.1 Å². The van der Waals surface area contributed by atoms with Crippen LogP contribution in [0.25, 0.3) is 11.1 Å². The van der Waals surface area contributed by atoms with Crippen molar-refractivity contribution in [2.24, 2.45) is 5.41 Å². The van der Waals surface area contributed by atoms with Crippen LogP contribution in [0.5, 0.6) is 5.75 Å². The minimum Gasteiger partial charge on any atom is -0.495 e. The number of nitrogens with zero attached hydrogens (tertiary/aromatic N) is 1. The van der Waals surface area contributed by atoms with Crippen LogP contribution in [0.4, 0.5) is 10.5 Å². The zero-order valence-electron chi connectivity index (χ0n) is 15.8. The topological polar surface area (TPSA) is 53.6 Å². The number of rotatable bonds is 3. The maximum atomic E-state index is 13.0. The molecule has 2 N–H and O–H groups in total. The summed E-state index contributed by atoms with van der Waals surface area (Å²) in [5.74, 6) is 0.678. The Kier molecular flexibility index (Phi) is 5.03. The number of hydrogen-bond donors (Lipinski definition) is 2. The van der Waals surface area contributed by atoms with Gasteiger partial charge in [0.05, 0.1) is 12.8 Å². The van der Waals surface area contributed by atoms with E-state index in [-0.39, 0.29) is 11.4 Å². The molecule has 5 nitrogen and oxygen atoms in total. The van der Waals surface area contributed by atoms with Crippen LogP contribution in [0.3, 0.4) is 0 Å². The standard InChI is InChI=1S/C22H27N3O2/c1-27-20-9-8-18(17-6-3-2-4-7-17)14-19(20)24-21(26)25-13-5-10-22(16-25)11-12-23-15-22/h2-4,6-9,14,23H,5,10-13,15-16H2,1H3,(H,24,26). The molecule has 0 aromatic heterocycles. The average Bonchev–Trinajstić information content (AvgIpc) is 3.16. The van der Waals surface area contributed by atoms with Gasteiger partial charge in [-0.15, -0.1) is 0 Å². The fourth-order valence-electron chi connectivity index (χ4n) is 4.34. The molecule has 27 heavy (non-hydrogen) atoms. The molecule has 0 aliphatic carbocycles. The number of nitrogens with one attached hydrogen (secondary N) is 2. The monoisotopic (exact) mass is 365 g/mol. The maximum Gasteiger partial charge on any atom is 0.321 e. The third-order valence-corrected chi connectivity index (χ3v) is 5.83. The molecule has 1 spiro atoms. The SMILES string of the molecule is COc1ccc(-c2ccccc2)cc1NC(=O)N1CCCC2(CCNC2)C1. The normalized spacial score (nSPS) is 22.0. The molecular formula is C22H27N3O2. The fourth-order valence-corrected chi connectivity index (χ4v) is 4.34. The van der Waals surface area contributed by atoms with Gasteiger partial charge >= 0.3 is 6.03 Å². The van der Waals surface area contributed by atoms with Crippen molar-refractivity contribution in [2.75, 3.05) is 38.6 Å². The van der Waals surface area contributed by atoms with Crippen molar-refractivity contribution in [3.8, 4) is 16.9 Å². The van der Waals surface area contributed by atoms with Crippen molar-refractivity contribution >= 4 is 11.7 Å². The van der Waals surface area contributed by atoms with Crippen LogP contribution in [0.2, 0.25) is 0 Å². The summed E-state index contributed by atoms with van der Waals surface area (Å²) >= 11 is 0. The number of piperidine rings is 1. The van der Waals surface area contributed by atoms with Gasteiger partial charge in [0.15, 0.2) is 0 Å². The lowest BCUT2D eigenvalue weighted by atomic mass is 9.79. The lowest BCUT2D eigenvalue weighted by Crippen LogP contribution is -2.48. The van der Waals surface area contributed by atoms with E-state index in [1.54, 1.807) is 7.11 Å². The molecule has 2 aliphatic heterocycles. The van der Waals surface area contributed by atoms with Gasteiger partial charge in [0.25, 0.3) is 0 Å². The van der Waals surface area contributed by atoms with E-state index in [1.807, 2.05) is 41.3 Å². The molecule has 4 rings (SSSR count). The molecule has 2 fully saturated rings. The fraction of sp³-hybridized carbons (Fsp3) is 0.409. The van der Waals surface area contributed by atoms with Gasteiger partial charge in [0.2, 0.25) is 0 Å². The molecule has 2 aliphatic rings. The van der Waals surface area contributed by atoms with Crippen molar-refractivity contribution in [3.05, 3.63) is 48.5 Å². The van der Waals surface area contributed by atoms with E-state index in [0.29, 0.717) is 11.4 Å².